The molecule has 1 rings (SSSR count). The molecular formula is C10H10BrF3O4S. The van der Waals surface area contributed by atoms with Gasteiger partial charge in [-0.1, -0.05) is 15.9 Å². The molecule has 0 radical (unpaired) electrons. The zero-order valence-corrected chi connectivity index (χ0v) is 12.3. The first kappa shape index (κ1) is 16.3. The van der Waals surface area contributed by atoms with Gasteiger partial charge in [-0.05, 0) is 25.1 Å². The van der Waals surface area contributed by atoms with Crippen molar-refractivity contribution in [3.8, 4) is 5.75 Å². The summed E-state index contributed by atoms with van der Waals surface area (Å²) >= 11 is 3.08. The lowest BCUT2D eigenvalue weighted by Crippen LogP contribution is -2.19. The van der Waals surface area contributed by atoms with E-state index in [4.69, 9.17) is 0 Å². The number of hydrogen-bond donors (Lipinski definition) is 0. The Kier molecular flexibility index (Phi) is 4.86. The molecule has 9 heteroatoms. The van der Waals surface area contributed by atoms with Crippen LogP contribution >= 0.6 is 15.9 Å². The van der Waals surface area contributed by atoms with E-state index >= 15 is 0 Å². The minimum atomic E-state index is -4.87. The molecule has 0 N–H and O–H groups in total. The molecule has 0 heterocycles. The zero-order chi connectivity index (χ0) is 14.8. The van der Waals surface area contributed by atoms with Crippen LogP contribution in [0.4, 0.5) is 13.2 Å². The van der Waals surface area contributed by atoms with Crippen LogP contribution in [-0.4, -0.2) is 21.0 Å². The van der Waals surface area contributed by atoms with Gasteiger partial charge < -0.3 is 4.74 Å². The summed E-state index contributed by atoms with van der Waals surface area (Å²) in [6.07, 6.45) is -5.16. The molecule has 0 saturated heterocycles. The van der Waals surface area contributed by atoms with E-state index in [9.17, 15) is 21.6 Å². The Bertz CT molecular complexity index is 556. The second-order valence-corrected chi connectivity index (χ2v) is 6.19. The minimum Gasteiger partial charge on any atom is -0.405 e. The average molecular weight is 363 g/mol. The summed E-state index contributed by atoms with van der Waals surface area (Å²) in [5.41, 5.74) is -0.0304. The second kappa shape index (κ2) is 5.68. The number of benzene rings is 1. The highest BCUT2D eigenvalue weighted by Crippen LogP contribution is 2.34. The van der Waals surface area contributed by atoms with Gasteiger partial charge in [0.05, 0.1) is 6.26 Å². The minimum absolute atomic E-state index is 0.0304. The lowest BCUT2D eigenvalue weighted by Gasteiger charge is -2.17. The van der Waals surface area contributed by atoms with Crippen LogP contribution in [-0.2, 0) is 14.3 Å². The van der Waals surface area contributed by atoms with Crippen LogP contribution in [0, 0.1) is 0 Å². The molecule has 108 valence electrons. The molecule has 1 unspecified atom stereocenters. The molecule has 0 bridgehead atoms. The molecule has 1 aromatic rings. The number of rotatable bonds is 4. The van der Waals surface area contributed by atoms with Crippen LogP contribution in [0.15, 0.2) is 22.7 Å². The molecule has 1 atom stereocenters. The third-order valence-corrected chi connectivity index (χ3v) is 3.09. The van der Waals surface area contributed by atoms with Gasteiger partial charge in [0, 0.05) is 10.0 Å². The van der Waals surface area contributed by atoms with Crippen molar-refractivity contribution in [2.75, 3.05) is 6.26 Å². The largest absolute Gasteiger partial charge is 0.573 e. The maximum Gasteiger partial charge on any atom is 0.573 e. The molecule has 0 aromatic heterocycles. The van der Waals surface area contributed by atoms with Crippen molar-refractivity contribution in [1.29, 1.82) is 0 Å². The maximum absolute atomic E-state index is 12.2. The molecule has 0 fully saturated rings. The normalized spacial score (nSPS) is 14.2. The van der Waals surface area contributed by atoms with E-state index in [1.54, 1.807) is 0 Å². The third-order valence-electron chi connectivity index (χ3n) is 1.95. The van der Waals surface area contributed by atoms with Crippen LogP contribution in [0.25, 0.3) is 0 Å². The van der Waals surface area contributed by atoms with Gasteiger partial charge in [-0.25, -0.2) is 0 Å². The molecular weight excluding hydrogens is 353 g/mol. The van der Waals surface area contributed by atoms with Gasteiger partial charge in [-0.2, -0.15) is 8.42 Å². The van der Waals surface area contributed by atoms with Crippen LogP contribution in [0.1, 0.15) is 18.6 Å². The fourth-order valence-electron chi connectivity index (χ4n) is 1.37. The standard InChI is InChI=1S/C10H10BrF3O4S/c1-6(18-19(2,15)16)8-5-7(11)3-4-9(8)17-10(12,13)14/h3-6H,1-2H3. The lowest BCUT2D eigenvalue weighted by atomic mass is 10.1. The Hall–Kier alpha value is -0.800. The molecule has 4 nitrogen and oxygen atoms in total. The van der Waals surface area contributed by atoms with E-state index in [2.05, 4.69) is 24.8 Å². The monoisotopic (exact) mass is 362 g/mol. The molecule has 0 aliphatic carbocycles. The maximum atomic E-state index is 12.2. The summed E-state index contributed by atoms with van der Waals surface area (Å²) < 4.78 is 67.6. The van der Waals surface area contributed by atoms with Crippen molar-refractivity contribution in [1.82, 2.24) is 0 Å². The molecule has 0 amide bonds. The molecule has 0 saturated carbocycles. The van der Waals surface area contributed by atoms with E-state index in [0.717, 1.165) is 12.3 Å². The van der Waals surface area contributed by atoms with Crippen LogP contribution in [0.2, 0.25) is 0 Å². The van der Waals surface area contributed by atoms with Gasteiger partial charge in [0.25, 0.3) is 10.1 Å². The first-order valence-corrected chi connectivity index (χ1v) is 7.52. The van der Waals surface area contributed by atoms with Crippen molar-refractivity contribution in [2.24, 2.45) is 0 Å². The van der Waals surface area contributed by atoms with Crippen molar-refractivity contribution in [2.45, 2.75) is 19.4 Å². The smallest absolute Gasteiger partial charge is 0.405 e. The van der Waals surface area contributed by atoms with Crippen molar-refractivity contribution < 1.29 is 30.5 Å². The van der Waals surface area contributed by atoms with Gasteiger partial charge >= 0.3 is 6.36 Å². The van der Waals surface area contributed by atoms with Gasteiger partial charge in [-0.15, -0.1) is 13.2 Å². The van der Waals surface area contributed by atoms with Gasteiger partial charge in [0.15, 0.2) is 0 Å². The predicted molar refractivity (Wildman–Crippen MR) is 65.2 cm³/mol. The first-order chi connectivity index (χ1) is 8.48. The number of alkyl halides is 3. The van der Waals surface area contributed by atoms with Crippen molar-refractivity contribution in [3.05, 3.63) is 28.2 Å². The van der Waals surface area contributed by atoms with Gasteiger partial charge in [0.2, 0.25) is 0 Å². The van der Waals surface area contributed by atoms with Gasteiger partial charge in [-0.3, -0.25) is 4.18 Å². The van der Waals surface area contributed by atoms with Gasteiger partial charge in [0.1, 0.15) is 11.9 Å². The quantitative estimate of drug-likeness (QED) is 0.770. The number of ether oxygens (including phenoxy) is 1. The van der Waals surface area contributed by atoms with Crippen LogP contribution in [0.3, 0.4) is 0 Å². The predicted octanol–water partition coefficient (Wildman–Crippen LogP) is 3.38. The zero-order valence-electron chi connectivity index (χ0n) is 9.86. The topological polar surface area (TPSA) is 52.6 Å². The second-order valence-electron chi connectivity index (χ2n) is 3.67. The Labute approximate surface area is 116 Å². The van der Waals surface area contributed by atoms with E-state index in [1.807, 2.05) is 0 Å². The molecule has 0 aliphatic heterocycles. The number of halogens is 4. The number of hydrogen-bond acceptors (Lipinski definition) is 4. The molecule has 19 heavy (non-hydrogen) atoms. The SMILES string of the molecule is CC(OS(C)(=O)=O)c1cc(Br)ccc1OC(F)(F)F. The van der Waals surface area contributed by atoms with E-state index in [0.29, 0.717) is 4.47 Å². The lowest BCUT2D eigenvalue weighted by molar-refractivity contribution is -0.275. The van der Waals surface area contributed by atoms with Crippen LogP contribution < -0.4 is 4.74 Å². The summed E-state index contributed by atoms with van der Waals surface area (Å²) in [5, 5.41) is 0. The summed E-state index contributed by atoms with van der Waals surface area (Å²) in [4.78, 5) is 0. The molecule has 0 aliphatic rings. The van der Waals surface area contributed by atoms with E-state index < -0.39 is 28.3 Å². The Morgan fingerprint density at radius 3 is 2.37 bits per heavy atom. The van der Waals surface area contributed by atoms with Crippen LogP contribution in [0.5, 0.6) is 5.75 Å². The summed E-state index contributed by atoms with van der Waals surface area (Å²) in [6.45, 7) is 1.31. The fraction of sp³-hybridized carbons (Fsp3) is 0.400. The third kappa shape index (κ3) is 5.79. The summed E-state index contributed by atoms with van der Waals surface area (Å²) in [7, 11) is -3.80. The van der Waals surface area contributed by atoms with E-state index in [-0.39, 0.29) is 5.56 Å². The summed E-state index contributed by atoms with van der Waals surface area (Å²) in [5.74, 6) is -0.508. The Morgan fingerprint density at radius 2 is 1.89 bits per heavy atom. The van der Waals surface area contributed by atoms with E-state index in [1.165, 1.54) is 19.1 Å². The van der Waals surface area contributed by atoms with Crippen molar-refractivity contribution >= 4 is 26.0 Å². The molecule has 1 aromatic carbocycles. The first-order valence-electron chi connectivity index (χ1n) is 4.91. The fourth-order valence-corrected chi connectivity index (χ4v) is 2.38. The highest BCUT2D eigenvalue weighted by molar-refractivity contribution is 9.10. The Balaban J connectivity index is 3.13. The van der Waals surface area contributed by atoms with Crippen molar-refractivity contribution in [3.63, 3.8) is 0 Å². The Morgan fingerprint density at radius 1 is 1.32 bits per heavy atom. The average Bonchev–Trinajstić information content (AvgIpc) is 2.16. The highest BCUT2D eigenvalue weighted by atomic mass is 79.9. The highest BCUT2D eigenvalue weighted by Gasteiger charge is 2.33. The summed E-state index contributed by atoms with van der Waals surface area (Å²) in [6, 6.07) is 3.73. The molecule has 0 spiro atoms.